The van der Waals surface area contributed by atoms with Crippen molar-refractivity contribution < 1.29 is 4.52 Å². The third kappa shape index (κ3) is 1.69. The van der Waals surface area contributed by atoms with Gasteiger partial charge in [0.1, 0.15) is 0 Å². The van der Waals surface area contributed by atoms with E-state index in [1.807, 2.05) is 13.8 Å². The molecule has 0 saturated carbocycles. The van der Waals surface area contributed by atoms with Gasteiger partial charge in [0.2, 0.25) is 11.7 Å². The van der Waals surface area contributed by atoms with E-state index in [1.165, 1.54) is 0 Å². The first-order valence-corrected chi connectivity index (χ1v) is 5.10. The summed E-state index contributed by atoms with van der Waals surface area (Å²) in [5.41, 5.74) is 5.99. The molecule has 16 heavy (non-hydrogen) atoms. The molecule has 0 aliphatic carbocycles. The second-order valence-electron chi connectivity index (χ2n) is 3.90. The Morgan fingerprint density at radius 2 is 2.38 bits per heavy atom. The molecule has 7 nitrogen and oxygen atoms in total. The van der Waals surface area contributed by atoms with Gasteiger partial charge in [-0.15, -0.1) is 0 Å². The maximum absolute atomic E-state index is 5.72. The van der Waals surface area contributed by atoms with E-state index in [0.717, 1.165) is 6.42 Å². The fraction of sp³-hybridized carbons (Fsp3) is 0.556. The van der Waals surface area contributed by atoms with Crippen LogP contribution in [-0.4, -0.2) is 32.1 Å². The Balaban J connectivity index is 2.33. The summed E-state index contributed by atoms with van der Waals surface area (Å²) in [5, 5.41) is 13.9. The number of aromatic nitrogens is 5. The molecule has 0 saturated heterocycles. The lowest BCUT2D eigenvalue weighted by atomic mass is 9.88. The first-order valence-electron chi connectivity index (χ1n) is 5.10. The van der Waals surface area contributed by atoms with Crippen molar-refractivity contribution in [2.45, 2.75) is 25.7 Å². The summed E-state index contributed by atoms with van der Waals surface area (Å²) in [6.07, 6.45) is 2.38. The lowest BCUT2D eigenvalue weighted by molar-refractivity contribution is 0.291. The van der Waals surface area contributed by atoms with Gasteiger partial charge in [-0.3, -0.25) is 0 Å². The number of aromatic amines is 1. The van der Waals surface area contributed by atoms with Gasteiger partial charge in [0.25, 0.3) is 0 Å². The second kappa shape index (κ2) is 4.01. The molecule has 0 amide bonds. The third-order valence-corrected chi connectivity index (χ3v) is 2.82. The highest BCUT2D eigenvalue weighted by Gasteiger charge is 2.30. The highest BCUT2D eigenvalue weighted by Crippen LogP contribution is 2.26. The zero-order chi connectivity index (χ0) is 11.6. The Labute approximate surface area is 92.4 Å². The van der Waals surface area contributed by atoms with Gasteiger partial charge in [-0.25, -0.2) is 0 Å². The molecule has 2 rings (SSSR count). The van der Waals surface area contributed by atoms with Crippen molar-refractivity contribution in [3.63, 3.8) is 0 Å². The maximum atomic E-state index is 5.72. The SMILES string of the molecule is CCC(C)(CN)c1nc(-c2cn[nH]n2)no1. The second-order valence-corrected chi connectivity index (χ2v) is 3.90. The molecule has 3 N–H and O–H groups in total. The lowest BCUT2D eigenvalue weighted by Crippen LogP contribution is -2.31. The van der Waals surface area contributed by atoms with Crippen molar-refractivity contribution >= 4 is 0 Å². The maximum Gasteiger partial charge on any atom is 0.234 e. The molecular weight excluding hydrogens is 208 g/mol. The molecule has 0 fully saturated rings. The zero-order valence-electron chi connectivity index (χ0n) is 9.27. The Bertz CT molecular complexity index is 444. The van der Waals surface area contributed by atoms with Crippen LogP contribution >= 0.6 is 0 Å². The summed E-state index contributed by atoms with van der Waals surface area (Å²) in [7, 11) is 0. The summed E-state index contributed by atoms with van der Waals surface area (Å²) in [4.78, 5) is 4.29. The van der Waals surface area contributed by atoms with E-state index in [9.17, 15) is 0 Å². The molecule has 0 aliphatic rings. The molecule has 0 aromatic carbocycles. The average Bonchev–Trinajstić information content (AvgIpc) is 2.97. The van der Waals surface area contributed by atoms with E-state index in [1.54, 1.807) is 6.20 Å². The summed E-state index contributed by atoms with van der Waals surface area (Å²) in [6, 6.07) is 0. The van der Waals surface area contributed by atoms with Crippen LogP contribution in [0.3, 0.4) is 0 Å². The van der Waals surface area contributed by atoms with Crippen LogP contribution in [0.15, 0.2) is 10.7 Å². The van der Waals surface area contributed by atoms with Gasteiger partial charge in [-0.2, -0.15) is 20.4 Å². The molecule has 86 valence electrons. The van der Waals surface area contributed by atoms with Crippen LogP contribution in [0.2, 0.25) is 0 Å². The summed E-state index contributed by atoms with van der Waals surface area (Å²) in [6.45, 7) is 4.49. The van der Waals surface area contributed by atoms with Gasteiger partial charge in [0.15, 0.2) is 5.69 Å². The highest BCUT2D eigenvalue weighted by molar-refractivity contribution is 5.45. The molecule has 2 heterocycles. The minimum atomic E-state index is -0.283. The van der Waals surface area contributed by atoms with Crippen LogP contribution < -0.4 is 5.73 Å². The molecule has 0 aliphatic heterocycles. The van der Waals surface area contributed by atoms with Crippen LogP contribution in [-0.2, 0) is 5.41 Å². The van der Waals surface area contributed by atoms with Gasteiger partial charge in [-0.05, 0) is 13.3 Å². The van der Waals surface area contributed by atoms with Gasteiger partial charge in [0.05, 0.1) is 11.6 Å². The Kier molecular flexibility index (Phi) is 2.69. The van der Waals surface area contributed by atoms with Crippen molar-refractivity contribution in [3.8, 4) is 11.5 Å². The summed E-state index contributed by atoms with van der Waals surface area (Å²) in [5.74, 6) is 0.965. The fourth-order valence-corrected chi connectivity index (χ4v) is 1.26. The number of nitrogens with zero attached hydrogens (tertiary/aromatic N) is 4. The van der Waals surface area contributed by atoms with Crippen LogP contribution in [0.25, 0.3) is 11.5 Å². The van der Waals surface area contributed by atoms with E-state index in [0.29, 0.717) is 24.0 Å². The normalized spacial score (nSPS) is 14.9. The first kappa shape index (κ1) is 10.7. The number of rotatable bonds is 4. The third-order valence-electron chi connectivity index (χ3n) is 2.82. The average molecular weight is 222 g/mol. The summed E-state index contributed by atoms with van der Waals surface area (Å²) >= 11 is 0. The Hall–Kier alpha value is -1.76. The molecule has 0 radical (unpaired) electrons. The lowest BCUT2D eigenvalue weighted by Gasteiger charge is -2.20. The monoisotopic (exact) mass is 222 g/mol. The van der Waals surface area contributed by atoms with Crippen molar-refractivity contribution in [1.29, 1.82) is 0 Å². The quantitative estimate of drug-likeness (QED) is 0.779. The van der Waals surface area contributed by atoms with Crippen molar-refractivity contribution in [1.82, 2.24) is 25.6 Å². The number of nitrogens with one attached hydrogen (secondary N) is 1. The van der Waals surface area contributed by atoms with Crippen molar-refractivity contribution in [2.24, 2.45) is 5.73 Å². The number of hydrogen-bond acceptors (Lipinski definition) is 6. The Morgan fingerprint density at radius 3 is 2.94 bits per heavy atom. The van der Waals surface area contributed by atoms with Crippen LogP contribution in [0, 0.1) is 0 Å². The zero-order valence-corrected chi connectivity index (χ0v) is 9.27. The molecule has 0 spiro atoms. The number of hydrogen-bond donors (Lipinski definition) is 2. The molecular formula is C9H14N6O. The largest absolute Gasteiger partial charge is 0.338 e. The fourth-order valence-electron chi connectivity index (χ4n) is 1.26. The van der Waals surface area contributed by atoms with E-state index >= 15 is 0 Å². The van der Waals surface area contributed by atoms with Crippen LogP contribution in [0.5, 0.6) is 0 Å². The minimum Gasteiger partial charge on any atom is -0.338 e. The van der Waals surface area contributed by atoms with E-state index < -0.39 is 0 Å². The van der Waals surface area contributed by atoms with Crippen LogP contribution in [0.4, 0.5) is 0 Å². The van der Waals surface area contributed by atoms with Crippen molar-refractivity contribution in [2.75, 3.05) is 6.54 Å². The standard InChI is InChI=1S/C9H14N6O/c1-3-9(2,5-10)8-12-7(14-16-8)6-4-11-15-13-6/h4H,3,5,10H2,1-2H3,(H,11,13,15). The highest BCUT2D eigenvalue weighted by atomic mass is 16.5. The predicted octanol–water partition coefficient (Wildman–Crippen LogP) is 0.481. The van der Waals surface area contributed by atoms with Gasteiger partial charge in [-0.1, -0.05) is 12.1 Å². The molecule has 7 heteroatoms. The van der Waals surface area contributed by atoms with E-state index in [4.69, 9.17) is 10.3 Å². The molecule has 2 aromatic heterocycles. The smallest absolute Gasteiger partial charge is 0.234 e. The number of H-pyrrole nitrogens is 1. The molecule has 1 atom stereocenters. The molecule has 2 aromatic rings. The van der Waals surface area contributed by atoms with Gasteiger partial charge < -0.3 is 10.3 Å². The van der Waals surface area contributed by atoms with Gasteiger partial charge in [0, 0.05) is 6.54 Å². The minimum absolute atomic E-state index is 0.283. The topological polar surface area (TPSA) is 107 Å². The van der Waals surface area contributed by atoms with E-state index in [-0.39, 0.29) is 5.41 Å². The Morgan fingerprint density at radius 1 is 1.56 bits per heavy atom. The van der Waals surface area contributed by atoms with E-state index in [2.05, 4.69) is 25.6 Å². The predicted molar refractivity (Wildman–Crippen MR) is 56.4 cm³/mol. The first-order chi connectivity index (χ1) is 7.69. The number of nitrogens with two attached hydrogens (primary N) is 1. The molecule has 0 bridgehead atoms. The van der Waals surface area contributed by atoms with Gasteiger partial charge >= 0.3 is 0 Å². The van der Waals surface area contributed by atoms with Crippen molar-refractivity contribution in [3.05, 3.63) is 12.1 Å². The summed E-state index contributed by atoms with van der Waals surface area (Å²) < 4.78 is 5.21. The van der Waals surface area contributed by atoms with Crippen LogP contribution in [0.1, 0.15) is 26.2 Å². The molecule has 1 unspecified atom stereocenters.